The summed E-state index contributed by atoms with van der Waals surface area (Å²) >= 11 is 0. The molecule has 0 atom stereocenters. The molecule has 1 aliphatic heterocycles. The second-order valence-electron chi connectivity index (χ2n) is 4.77. The van der Waals surface area contributed by atoms with Crippen LogP contribution in [0.1, 0.15) is 0 Å². The maximum absolute atomic E-state index is 5.77. The minimum atomic E-state index is -0.427. The van der Waals surface area contributed by atoms with E-state index in [0.29, 0.717) is 0 Å². The number of aromatic nitrogens is 1. The van der Waals surface area contributed by atoms with E-state index in [0.717, 1.165) is 28.2 Å². The van der Waals surface area contributed by atoms with Gasteiger partial charge in [-0.2, -0.15) is 0 Å². The van der Waals surface area contributed by atoms with Crippen molar-refractivity contribution in [3.05, 3.63) is 72.9 Å². The van der Waals surface area contributed by atoms with Crippen LogP contribution in [-0.2, 0) is 20.1 Å². The normalized spacial score (nSPS) is 11.9. The van der Waals surface area contributed by atoms with Crippen LogP contribution >= 0.6 is 0 Å². The maximum atomic E-state index is 5.77. The minimum Gasteiger partial charge on any atom is -0.519 e. The molecule has 3 nitrogen and oxygen atoms in total. The third-order valence-electron chi connectivity index (χ3n) is 3.36. The predicted molar refractivity (Wildman–Crippen MR) is 81.6 cm³/mol. The summed E-state index contributed by atoms with van der Waals surface area (Å²) in [6, 6.07) is 22.5. The topological polar surface area (TPSA) is 31.4 Å². The van der Waals surface area contributed by atoms with E-state index in [1.165, 1.54) is 0 Å². The van der Waals surface area contributed by atoms with Crippen LogP contribution in [0.15, 0.2) is 66.9 Å². The number of rotatable bonds is 2. The minimum absolute atomic E-state index is 0. The molecule has 0 spiro atoms. The average molecular weight is 464 g/mol. The van der Waals surface area contributed by atoms with Gasteiger partial charge in [-0.15, -0.1) is 35.9 Å². The second-order valence-corrected chi connectivity index (χ2v) is 4.77. The number of benzene rings is 2. The smallest absolute Gasteiger partial charge is 0.519 e. The molecule has 2 heterocycles. The molecule has 1 aromatic heterocycles. The second kappa shape index (κ2) is 6.35. The average Bonchev–Trinajstić information content (AvgIpc) is 3.00. The van der Waals surface area contributed by atoms with Crippen LogP contribution < -0.4 is 14.8 Å². The van der Waals surface area contributed by atoms with Gasteiger partial charge in [0.15, 0.2) is 0 Å². The van der Waals surface area contributed by atoms with Crippen LogP contribution in [-0.4, -0.2) is 12.1 Å². The first-order valence-electron chi connectivity index (χ1n) is 6.75. The molecule has 1 aliphatic rings. The van der Waals surface area contributed by atoms with Crippen molar-refractivity contribution in [3.63, 3.8) is 0 Å². The zero-order valence-electron chi connectivity index (χ0n) is 11.5. The molecule has 4 rings (SSSR count). The Morgan fingerprint density at radius 1 is 0.864 bits per heavy atom. The van der Waals surface area contributed by atoms with E-state index in [1.54, 1.807) is 6.20 Å². The van der Waals surface area contributed by atoms with Crippen molar-refractivity contribution in [2.24, 2.45) is 0 Å². The third kappa shape index (κ3) is 2.78. The van der Waals surface area contributed by atoms with Gasteiger partial charge in [-0.1, -0.05) is 24.3 Å². The van der Waals surface area contributed by atoms with Gasteiger partial charge >= 0.3 is 7.12 Å². The Kier molecular flexibility index (Phi) is 4.28. The molecule has 0 saturated heterocycles. The van der Waals surface area contributed by atoms with E-state index >= 15 is 0 Å². The van der Waals surface area contributed by atoms with Crippen molar-refractivity contribution < 1.29 is 29.4 Å². The standard InChI is InChI=1S/C17H11BNO2.Ir/c1-2-6-13(7-3-1)15-11-10-14(12-19-15)18-20-16-8-4-5-9-17(16)21-18;/h1-6,8-12H;/q-1;. The van der Waals surface area contributed by atoms with Crippen LogP contribution in [0.2, 0.25) is 0 Å². The largest absolute Gasteiger partial charge is 0.634 e. The summed E-state index contributed by atoms with van der Waals surface area (Å²) in [4.78, 5) is 4.47. The third-order valence-corrected chi connectivity index (χ3v) is 3.36. The van der Waals surface area contributed by atoms with Crippen molar-refractivity contribution in [2.75, 3.05) is 0 Å². The SMILES string of the molecule is [Ir].[c-]1ccccc1-c1ccc(B2Oc3ccccc3O2)cn1. The summed E-state index contributed by atoms with van der Waals surface area (Å²) in [7, 11) is -0.427. The van der Waals surface area contributed by atoms with Gasteiger partial charge in [0.2, 0.25) is 0 Å². The van der Waals surface area contributed by atoms with Gasteiger partial charge in [-0.25, -0.2) is 0 Å². The van der Waals surface area contributed by atoms with Crippen molar-refractivity contribution in [2.45, 2.75) is 0 Å². The Bertz CT molecular complexity index is 740. The molecular weight excluding hydrogens is 453 g/mol. The molecule has 0 unspecified atom stereocenters. The number of para-hydroxylation sites is 2. The van der Waals surface area contributed by atoms with Gasteiger partial charge in [0.05, 0.1) is 0 Å². The predicted octanol–water partition coefficient (Wildman–Crippen LogP) is 2.71. The van der Waals surface area contributed by atoms with Gasteiger partial charge in [0.25, 0.3) is 0 Å². The molecule has 0 fully saturated rings. The Morgan fingerprint density at radius 2 is 1.59 bits per heavy atom. The quantitative estimate of drug-likeness (QED) is 0.432. The van der Waals surface area contributed by atoms with E-state index in [4.69, 9.17) is 9.31 Å². The van der Waals surface area contributed by atoms with Crippen molar-refractivity contribution >= 4 is 12.6 Å². The zero-order valence-corrected chi connectivity index (χ0v) is 13.9. The van der Waals surface area contributed by atoms with Crippen LogP contribution in [0.3, 0.4) is 0 Å². The molecule has 0 N–H and O–H groups in total. The first-order chi connectivity index (χ1) is 10.4. The van der Waals surface area contributed by atoms with E-state index in [2.05, 4.69) is 11.1 Å². The summed E-state index contributed by atoms with van der Waals surface area (Å²) in [5.41, 5.74) is 2.75. The van der Waals surface area contributed by atoms with Crippen molar-refractivity contribution in [3.8, 4) is 22.8 Å². The van der Waals surface area contributed by atoms with Gasteiger partial charge in [0, 0.05) is 31.8 Å². The number of pyridine rings is 1. The molecule has 0 saturated carbocycles. The van der Waals surface area contributed by atoms with Crippen LogP contribution in [0, 0.1) is 6.07 Å². The van der Waals surface area contributed by atoms with Gasteiger partial charge < -0.3 is 14.3 Å². The molecule has 0 amide bonds. The van der Waals surface area contributed by atoms with Crippen molar-refractivity contribution in [1.82, 2.24) is 4.98 Å². The Morgan fingerprint density at radius 3 is 2.18 bits per heavy atom. The number of hydrogen-bond acceptors (Lipinski definition) is 3. The maximum Gasteiger partial charge on any atom is 0.634 e. The summed E-state index contributed by atoms with van der Waals surface area (Å²) in [6.07, 6.45) is 1.78. The molecule has 22 heavy (non-hydrogen) atoms. The van der Waals surface area contributed by atoms with Crippen LogP contribution in [0.5, 0.6) is 11.5 Å². The van der Waals surface area contributed by atoms with Gasteiger partial charge in [0.1, 0.15) is 11.5 Å². The first kappa shape index (κ1) is 14.8. The van der Waals surface area contributed by atoms with E-state index in [-0.39, 0.29) is 20.1 Å². The van der Waals surface area contributed by atoms with Crippen LogP contribution in [0.4, 0.5) is 0 Å². The molecule has 0 bridgehead atoms. The number of fused-ring (bicyclic) bond motifs is 1. The first-order valence-corrected chi connectivity index (χ1v) is 6.75. The van der Waals surface area contributed by atoms with Crippen LogP contribution in [0.25, 0.3) is 11.3 Å². The van der Waals surface area contributed by atoms with Gasteiger partial charge in [-0.3, -0.25) is 0 Å². The summed E-state index contributed by atoms with van der Waals surface area (Å²) in [6.45, 7) is 0. The number of nitrogens with zero attached hydrogens (tertiary/aromatic N) is 1. The summed E-state index contributed by atoms with van der Waals surface area (Å²) in [5.74, 6) is 1.53. The van der Waals surface area contributed by atoms with Crippen molar-refractivity contribution in [1.29, 1.82) is 0 Å². The van der Waals surface area contributed by atoms with Gasteiger partial charge in [-0.05, 0) is 17.8 Å². The Labute approximate surface area is 142 Å². The fourth-order valence-corrected chi connectivity index (χ4v) is 2.29. The zero-order chi connectivity index (χ0) is 14.1. The molecule has 2 aromatic carbocycles. The summed E-state index contributed by atoms with van der Waals surface area (Å²) in [5, 5.41) is 0. The molecule has 5 heteroatoms. The molecule has 0 aliphatic carbocycles. The molecule has 109 valence electrons. The van der Waals surface area contributed by atoms with E-state index < -0.39 is 7.12 Å². The van der Waals surface area contributed by atoms with E-state index in [1.807, 2.05) is 60.7 Å². The fraction of sp³-hybridized carbons (Fsp3) is 0. The molecule has 3 aromatic rings. The Hall–Kier alpha value is -2.10. The number of hydrogen-bond donors (Lipinski definition) is 0. The van der Waals surface area contributed by atoms with E-state index in [9.17, 15) is 0 Å². The summed E-state index contributed by atoms with van der Waals surface area (Å²) < 4.78 is 11.5. The monoisotopic (exact) mass is 465 g/mol. The molecule has 1 radical (unpaired) electrons. The fourth-order valence-electron chi connectivity index (χ4n) is 2.29. The Balaban J connectivity index is 0.00000144. The molecular formula is C17H11BIrNO2-.